The Kier molecular flexibility index (Phi) is 5.09. The zero-order valence-electron chi connectivity index (χ0n) is 10.5. The first-order chi connectivity index (χ1) is 8.02. The fraction of sp³-hybridized carbons (Fsp3) is 0.727. The number of nitrogens with one attached hydrogen (secondary N) is 2. The zero-order chi connectivity index (χ0) is 12.8. The van der Waals surface area contributed by atoms with Crippen molar-refractivity contribution in [3.8, 4) is 0 Å². The number of carbonyl (C=O) groups is 1. The molecule has 0 aromatic carbocycles. The van der Waals surface area contributed by atoms with E-state index in [1.54, 1.807) is 0 Å². The Morgan fingerprint density at radius 1 is 1.53 bits per heavy atom. The predicted octanol–water partition coefficient (Wildman–Crippen LogP) is 0.956. The summed E-state index contributed by atoms with van der Waals surface area (Å²) in [6.45, 7) is 7.02. The summed E-state index contributed by atoms with van der Waals surface area (Å²) in [5.74, 6) is 0.652. The van der Waals surface area contributed by atoms with Crippen LogP contribution >= 0.6 is 0 Å². The van der Waals surface area contributed by atoms with E-state index in [4.69, 9.17) is 5.11 Å². The van der Waals surface area contributed by atoms with Gasteiger partial charge in [0.25, 0.3) is 0 Å². The molecule has 0 aliphatic carbocycles. The molecule has 0 aliphatic rings. The highest BCUT2D eigenvalue weighted by atomic mass is 16.4. The van der Waals surface area contributed by atoms with Crippen molar-refractivity contribution in [2.75, 3.05) is 0 Å². The van der Waals surface area contributed by atoms with Crippen LogP contribution in [0.4, 0.5) is 0 Å². The van der Waals surface area contributed by atoms with Crippen molar-refractivity contribution in [2.24, 2.45) is 5.92 Å². The molecule has 6 nitrogen and oxygen atoms in total. The van der Waals surface area contributed by atoms with E-state index in [1.807, 2.05) is 0 Å². The molecule has 0 fully saturated rings. The molecule has 1 aromatic rings. The van der Waals surface area contributed by atoms with Gasteiger partial charge in [-0.2, -0.15) is 5.10 Å². The van der Waals surface area contributed by atoms with Gasteiger partial charge in [0.15, 0.2) is 5.82 Å². The first-order valence-corrected chi connectivity index (χ1v) is 5.88. The van der Waals surface area contributed by atoms with Crippen LogP contribution in [0.2, 0.25) is 0 Å². The molecule has 0 amide bonds. The van der Waals surface area contributed by atoms with Gasteiger partial charge < -0.3 is 10.4 Å². The molecule has 6 heteroatoms. The summed E-state index contributed by atoms with van der Waals surface area (Å²) < 4.78 is 0. The van der Waals surface area contributed by atoms with Gasteiger partial charge in [-0.3, -0.25) is 9.89 Å². The SMILES string of the molecule is CCC(NCc1n[nH]c(CC(=O)O)n1)C(C)C. The molecule has 1 heterocycles. The van der Waals surface area contributed by atoms with E-state index in [9.17, 15) is 4.79 Å². The van der Waals surface area contributed by atoms with Crippen LogP contribution in [0.1, 0.15) is 38.8 Å². The van der Waals surface area contributed by atoms with Crippen LogP contribution in [0.3, 0.4) is 0 Å². The number of aromatic nitrogens is 3. The Labute approximate surface area is 101 Å². The molecular weight excluding hydrogens is 220 g/mol. The fourth-order valence-electron chi connectivity index (χ4n) is 1.71. The maximum absolute atomic E-state index is 10.5. The number of aliphatic carboxylic acids is 1. The Morgan fingerprint density at radius 3 is 2.76 bits per heavy atom. The highest BCUT2D eigenvalue weighted by Gasteiger charge is 2.12. The minimum absolute atomic E-state index is 0.117. The molecule has 3 N–H and O–H groups in total. The predicted molar refractivity (Wildman–Crippen MR) is 63.5 cm³/mol. The second kappa shape index (κ2) is 6.34. The molecule has 1 rings (SSSR count). The largest absolute Gasteiger partial charge is 0.481 e. The quantitative estimate of drug-likeness (QED) is 0.660. The molecule has 96 valence electrons. The highest BCUT2D eigenvalue weighted by molar-refractivity contribution is 5.68. The topological polar surface area (TPSA) is 90.9 Å². The van der Waals surface area contributed by atoms with Crippen molar-refractivity contribution in [3.63, 3.8) is 0 Å². The maximum Gasteiger partial charge on any atom is 0.311 e. The normalized spacial score (nSPS) is 12.9. The second-order valence-electron chi connectivity index (χ2n) is 4.41. The number of nitrogens with zero attached hydrogens (tertiary/aromatic N) is 2. The number of hydrogen-bond acceptors (Lipinski definition) is 4. The van der Waals surface area contributed by atoms with Crippen LogP contribution in [0.5, 0.6) is 0 Å². The van der Waals surface area contributed by atoms with Crippen molar-refractivity contribution < 1.29 is 9.90 Å². The maximum atomic E-state index is 10.5. The number of H-pyrrole nitrogens is 1. The van der Waals surface area contributed by atoms with Crippen LogP contribution < -0.4 is 5.32 Å². The van der Waals surface area contributed by atoms with Crippen LogP contribution in [-0.2, 0) is 17.8 Å². The fourth-order valence-corrected chi connectivity index (χ4v) is 1.71. The number of carboxylic acids is 1. The lowest BCUT2D eigenvalue weighted by atomic mass is 10.0. The summed E-state index contributed by atoms with van der Waals surface area (Å²) in [5.41, 5.74) is 0. The first kappa shape index (κ1) is 13.6. The molecule has 17 heavy (non-hydrogen) atoms. The minimum atomic E-state index is -0.908. The molecular formula is C11H20N4O2. The van der Waals surface area contributed by atoms with E-state index < -0.39 is 5.97 Å². The molecule has 0 aliphatic heterocycles. The van der Waals surface area contributed by atoms with E-state index in [-0.39, 0.29) is 6.42 Å². The van der Waals surface area contributed by atoms with Crippen LogP contribution in [-0.4, -0.2) is 32.3 Å². The standard InChI is InChI=1S/C11H20N4O2/c1-4-8(7(2)3)12-6-10-13-9(14-15-10)5-11(16)17/h7-8,12H,4-6H2,1-3H3,(H,16,17)(H,13,14,15). The molecule has 1 unspecified atom stereocenters. The average molecular weight is 240 g/mol. The molecule has 1 atom stereocenters. The van der Waals surface area contributed by atoms with Crippen molar-refractivity contribution >= 4 is 5.97 Å². The Balaban J connectivity index is 2.46. The summed E-state index contributed by atoms with van der Waals surface area (Å²) in [4.78, 5) is 14.6. The van der Waals surface area contributed by atoms with Gasteiger partial charge in [0.1, 0.15) is 12.2 Å². The van der Waals surface area contributed by atoms with Gasteiger partial charge in [0, 0.05) is 6.04 Å². The monoisotopic (exact) mass is 240 g/mol. The average Bonchev–Trinajstić information content (AvgIpc) is 2.65. The van der Waals surface area contributed by atoms with Gasteiger partial charge in [-0.15, -0.1) is 0 Å². The lowest BCUT2D eigenvalue weighted by Gasteiger charge is -2.19. The van der Waals surface area contributed by atoms with Crippen molar-refractivity contribution in [2.45, 2.75) is 46.2 Å². The summed E-state index contributed by atoms with van der Waals surface area (Å²) in [6.07, 6.45) is 0.929. The Hall–Kier alpha value is -1.43. The third-order valence-corrected chi connectivity index (χ3v) is 2.66. The van der Waals surface area contributed by atoms with Crippen molar-refractivity contribution in [1.82, 2.24) is 20.5 Å². The van der Waals surface area contributed by atoms with E-state index in [0.29, 0.717) is 30.2 Å². The summed E-state index contributed by atoms with van der Waals surface area (Å²) in [5, 5.41) is 18.6. The number of carboxylic acid groups (broad SMARTS) is 1. The third kappa shape index (κ3) is 4.52. The van der Waals surface area contributed by atoms with Gasteiger partial charge in [0.05, 0.1) is 6.54 Å². The van der Waals surface area contributed by atoms with E-state index in [1.165, 1.54) is 0 Å². The van der Waals surface area contributed by atoms with Gasteiger partial charge in [0.2, 0.25) is 0 Å². The zero-order valence-corrected chi connectivity index (χ0v) is 10.5. The summed E-state index contributed by atoms with van der Waals surface area (Å²) in [7, 11) is 0. The van der Waals surface area contributed by atoms with Crippen LogP contribution in [0, 0.1) is 5.92 Å². The lowest BCUT2D eigenvalue weighted by Crippen LogP contribution is -2.32. The van der Waals surface area contributed by atoms with E-state index in [2.05, 4.69) is 41.3 Å². The van der Waals surface area contributed by atoms with Gasteiger partial charge in [-0.05, 0) is 12.3 Å². The molecule has 0 saturated carbocycles. The number of aromatic amines is 1. The third-order valence-electron chi connectivity index (χ3n) is 2.66. The molecule has 0 saturated heterocycles. The number of rotatable bonds is 7. The first-order valence-electron chi connectivity index (χ1n) is 5.88. The van der Waals surface area contributed by atoms with Gasteiger partial charge >= 0.3 is 5.97 Å². The lowest BCUT2D eigenvalue weighted by molar-refractivity contribution is -0.136. The Morgan fingerprint density at radius 2 is 2.24 bits per heavy atom. The van der Waals surface area contributed by atoms with E-state index in [0.717, 1.165) is 6.42 Å². The van der Waals surface area contributed by atoms with Gasteiger partial charge in [-0.1, -0.05) is 20.8 Å². The second-order valence-corrected chi connectivity index (χ2v) is 4.41. The Bertz CT molecular complexity index is 362. The van der Waals surface area contributed by atoms with Crippen molar-refractivity contribution in [3.05, 3.63) is 11.6 Å². The van der Waals surface area contributed by atoms with Crippen LogP contribution in [0.25, 0.3) is 0 Å². The highest BCUT2D eigenvalue weighted by Crippen LogP contribution is 2.06. The molecule has 0 radical (unpaired) electrons. The number of hydrogen-bond donors (Lipinski definition) is 3. The van der Waals surface area contributed by atoms with Crippen molar-refractivity contribution in [1.29, 1.82) is 0 Å². The van der Waals surface area contributed by atoms with Gasteiger partial charge in [-0.25, -0.2) is 4.98 Å². The molecule has 0 bridgehead atoms. The minimum Gasteiger partial charge on any atom is -0.481 e. The van der Waals surface area contributed by atoms with E-state index >= 15 is 0 Å². The summed E-state index contributed by atoms with van der Waals surface area (Å²) in [6, 6.07) is 0.427. The molecule has 1 aromatic heterocycles. The smallest absolute Gasteiger partial charge is 0.311 e. The molecule has 0 spiro atoms. The van der Waals surface area contributed by atoms with Crippen LogP contribution in [0.15, 0.2) is 0 Å². The summed E-state index contributed by atoms with van der Waals surface area (Å²) >= 11 is 0.